The monoisotopic (exact) mass is 279 g/mol. The molecule has 2 fully saturated rings. The number of piperidine rings is 1. The van der Waals surface area contributed by atoms with Gasteiger partial charge >= 0.3 is 0 Å². The van der Waals surface area contributed by atoms with E-state index in [0.717, 1.165) is 37.0 Å². The number of hydrogen-bond acceptors (Lipinski definition) is 4. The fourth-order valence-corrected chi connectivity index (χ4v) is 4.34. The van der Waals surface area contributed by atoms with Crippen LogP contribution in [0, 0.1) is 0 Å². The van der Waals surface area contributed by atoms with Crippen molar-refractivity contribution in [1.29, 1.82) is 0 Å². The molecule has 2 atom stereocenters. The first kappa shape index (κ1) is 13.3. The summed E-state index contributed by atoms with van der Waals surface area (Å²) < 4.78 is 0. The van der Waals surface area contributed by atoms with Gasteiger partial charge in [0, 0.05) is 17.0 Å². The summed E-state index contributed by atoms with van der Waals surface area (Å²) in [6.07, 6.45) is 4.80. The predicted molar refractivity (Wildman–Crippen MR) is 76.8 cm³/mol. The van der Waals surface area contributed by atoms with Gasteiger partial charge in [0.1, 0.15) is 0 Å². The van der Waals surface area contributed by atoms with Crippen molar-refractivity contribution in [3.8, 4) is 0 Å². The van der Waals surface area contributed by atoms with Crippen molar-refractivity contribution >= 4 is 17.1 Å². The quantitative estimate of drug-likeness (QED) is 0.861. The molecule has 4 heteroatoms. The largest absolute Gasteiger partial charge is 0.393 e. The third-order valence-electron chi connectivity index (χ3n) is 4.47. The van der Waals surface area contributed by atoms with Crippen molar-refractivity contribution in [2.75, 3.05) is 6.54 Å². The second kappa shape index (κ2) is 5.35. The zero-order valence-corrected chi connectivity index (χ0v) is 12.2. The zero-order valence-electron chi connectivity index (χ0n) is 11.3. The zero-order chi connectivity index (χ0) is 13.4. The SMILES string of the molecule is CCc1ccc(C(=O)CN2C3CCC2CC(O)C3)s1. The lowest BCUT2D eigenvalue weighted by Crippen LogP contribution is -2.46. The number of rotatable bonds is 4. The summed E-state index contributed by atoms with van der Waals surface area (Å²) in [6.45, 7) is 2.65. The Morgan fingerprint density at radius 2 is 2.05 bits per heavy atom. The van der Waals surface area contributed by atoms with Crippen LogP contribution in [0.1, 0.15) is 47.2 Å². The average Bonchev–Trinajstić information content (AvgIpc) is 2.94. The molecule has 2 unspecified atom stereocenters. The highest BCUT2D eigenvalue weighted by Crippen LogP contribution is 2.35. The van der Waals surface area contributed by atoms with Crippen LogP contribution < -0.4 is 0 Å². The first-order chi connectivity index (χ1) is 9.17. The number of aliphatic hydroxyl groups is 1. The van der Waals surface area contributed by atoms with E-state index in [1.54, 1.807) is 11.3 Å². The lowest BCUT2D eigenvalue weighted by Gasteiger charge is -2.36. The highest BCUT2D eigenvalue weighted by molar-refractivity contribution is 7.14. The number of Topliss-reactive ketones (excluding diaryl/α,β-unsaturated/α-hetero) is 1. The molecule has 1 N–H and O–H groups in total. The maximum atomic E-state index is 12.3. The summed E-state index contributed by atoms with van der Waals surface area (Å²) >= 11 is 1.63. The van der Waals surface area contributed by atoms with Crippen LogP contribution in [0.3, 0.4) is 0 Å². The van der Waals surface area contributed by atoms with E-state index in [1.165, 1.54) is 4.88 Å². The molecule has 0 saturated carbocycles. The van der Waals surface area contributed by atoms with Crippen LogP contribution in [0.25, 0.3) is 0 Å². The number of fused-ring (bicyclic) bond motifs is 2. The van der Waals surface area contributed by atoms with Gasteiger partial charge in [0.2, 0.25) is 0 Å². The van der Waals surface area contributed by atoms with Gasteiger partial charge < -0.3 is 5.11 Å². The van der Waals surface area contributed by atoms with Crippen LogP contribution >= 0.6 is 11.3 Å². The number of hydrogen-bond donors (Lipinski definition) is 1. The Hall–Kier alpha value is -0.710. The smallest absolute Gasteiger partial charge is 0.186 e. The summed E-state index contributed by atoms with van der Waals surface area (Å²) in [5.74, 6) is 0.248. The van der Waals surface area contributed by atoms with Crippen molar-refractivity contribution in [2.45, 2.75) is 57.2 Å². The third kappa shape index (κ3) is 2.62. The van der Waals surface area contributed by atoms with Crippen molar-refractivity contribution in [3.63, 3.8) is 0 Å². The van der Waals surface area contributed by atoms with Gasteiger partial charge in [-0.1, -0.05) is 6.92 Å². The van der Waals surface area contributed by atoms with Gasteiger partial charge in [0.25, 0.3) is 0 Å². The first-order valence-corrected chi connectivity index (χ1v) is 8.04. The van der Waals surface area contributed by atoms with E-state index in [9.17, 15) is 9.90 Å². The van der Waals surface area contributed by atoms with Crippen LogP contribution in [0.15, 0.2) is 12.1 Å². The number of ketones is 1. The summed E-state index contributed by atoms with van der Waals surface area (Å²) in [5, 5.41) is 9.78. The molecular formula is C15H21NO2S. The molecule has 0 aromatic carbocycles. The Balaban J connectivity index is 1.67. The van der Waals surface area contributed by atoms with E-state index >= 15 is 0 Å². The molecule has 19 heavy (non-hydrogen) atoms. The summed E-state index contributed by atoms with van der Waals surface area (Å²) in [6, 6.07) is 4.87. The summed E-state index contributed by atoms with van der Waals surface area (Å²) in [5.41, 5.74) is 0. The third-order valence-corrected chi connectivity index (χ3v) is 5.74. The van der Waals surface area contributed by atoms with E-state index < -0.39 is 0 Å². The van der Waals surface area contributed by atoms with Crippen LogP contribution in [-0.4, -0.2) is 40.5 Å². The standard InChI is InChI=1S/C15H21NO2S/c1-2-13-5-6-15(19-13)14(18)9-16-10-3-4-11(16)8-12(17)7-10/h5-6,10-12,17H,2-4,7-9H2,1H3. The summed E-state index contributed by atoms with van der Waals surface area (Å²) in [7, 11) is 0. The second-order valence-electron chi connectivity index (χ2n) is 5.73. The van der Waals surface area contributed by atoms with Crippen molar-refractivity contribution in [2.24, 2.45) is 0 Å². The molecule has 2 bridgehead atoms. The molecule has 0 spiro atoms. The van der Waals surface area contributed by atoms with Crippen LogP contribution in [-0.2, 0) is 6.42 Å². The molecule has 2 aliphatic rings. The van der Waals surface area contributed by atoms with Crippen molar-refractivity contribution in [1.82, 2.24) is 4.90 Å². The highest BCUT2D eigenvalue weighted by Gasteiger charge is 2.40. The van der Waals surface area contributed by atoms with Crippen molar-refractivity contribution in [3.05, 3.63) is 21.9 Å². The lowest BCUT2D eigenvalue weighted by molar-refractivity contribution is 0.0345. The highest BCUT2D eigenvalue weighted by atomic mass is 32.1. The Bertz CT molecular complexity index is 456. The number of carbonyl (C=O) groups is 1. The molecule has 3 nitrogen and oxygen atoms in total. The number of thiophene rings is 1. The second-order valence-corrected chi connectivity index (χ2v) is 6.89. The van der Waals surface area contributed by atoms with Gasteiger partial charge in [-0.3, -0.25) is 9.69 Å². The fourth-order valence-electron chi connectivity index (χ4n) is 3.47. The topological polar surface area (TPSA) is 40.5 Å². The van der Waals surface area contributed by atoms with Crippen molar-refractivity contribution < 1.29 is 9.90 Å². The minimum Gasteiger partial charge on any atom is -0.393 e. The van der Waals surface area contributed by atoms with Crippen LogP contribution in [0.5, 0.6) is 0 Å². The van der Waals surface area contributed by atoms with E-state index in [2.05, 4.69) is 17.9 Å². The number of aryl methyl sites for hydroxylation is 1. The van der Waals surface area contributed by atoms with E-state index in [0.29, 0.717) is 18.6 Å². The first-order valence-electron chi connectivity index (χ1n) is 7.23. The molecule has 2 saturated heterocycles. The molecule has 2 aliphatic heterocycles. The minimum atomic E-state index is -0.155. The Labute approximate surface area is 118 Å². The molecule has 0 amide bonds. The van der Waals surface area contributed by atoms with E-state index in [-0.39, 0.29) is 11.9 Å². The Kier molecular flexibility index (Phi) is 3.74. The number of carbonyl (C=O) groups excluding carboxylic acids is 1. The van der Waals surface area contributed by atoms with Gasteiger partial charge in [-0.2, -0.15) is 0 Å². The molecule has 3 heterocycles. The van der Waals surface area contributed by atoms with E-state index in [1.807, 2.05) is 6.07 Å². The minimum absolute atomic E-state index is 0.155. The van der Waals surface area contributed by atoms with E-state index in [4.69, 9.17) is 0 Å². The van der Waals surface area contributed by atoms with Gasteiger partial charge in [0.05, 0.1) is 17.5 Å². The molecule has 104 valence electrons. The van der Waals surface area contributed by atoms with Gasteiger partial charge in [-0.25, -0.2) is 0 Å². The maximum Gasteiger partial charge on any atom is 0.186 e. The van der Waals surface area contributed by atoms with Crippen LogP contribution in [0.4, 0.5) is 0 Å². The number of aliphatic hydroxyl groups excluding tert-OH is 1. The van der Waals surface area contributed by atoms with Gasteiger partial charge in [-0.05, 0) is 44.2 Å². The Morgan fingerprint density at radius 3 is 2.63 bits per heavy atom. The van der Waals surface area contributed by atoms with Crippen LogP contribution in [0.2, 0.25) is 0 Å². The fraction of sp³-hybridized carbons (Fsp3) is 0.667. The molecule has 1 aromatic heterocycles. The molecule has 0 radical (unpaired) electrons. The lowest BCUT2D eigenvalue weighted by atomic mass is 9.99. The Morgan fingerprint density at radius 1 is 1.37 bits per heavy atom. The predicted octanol–water partition coefficient (Wildman–Crippen LogP) is 2.48. The normalized spacial score (nSPS) is 30.7. The number of nitrogens with zero attached hydrogens (tertiary/aromatic N) is 1. The molecule has 1 aromatic rings. The maximum absolute atomic E-state index is 12.3. The average molecular weight is 279 g/mol. The van der Waals surface area contributed by atoms with Gasteiger partial charge in [-0.15, -0.1) is 11.3 Å². The van der Waals surface area contributed by atoms with Gasteiger partial charge in [0.15, 0.2) is 5.78 Å². The molecular weight excluding hydrogens is 258 g/mol. The summed E-state index contributed by atoms with van der Waals surface area (Å²) in [4.78, 5) is 16.9. The molecule has 0 aliphatic carbocycles. The molecule has 3 rings (SSSR count).